The summed E-state index contributed by atoms with van der Waals surface area (Å²) in [6, 6.07) is 7.68. The van der Waals surface area contributed by atoms with E-state index < -0.39 is 10.2 Å². The van der Waals surface area contributed by atoms with Crippen LogP contribution in [0.2, 0.25) is 0 Å². The average molecular weight is 311 g/mol. The number of nitrogens with zero attached hydrogens (tertiary/aromatic N) is 2. The third-order valence-electron chi connectivity index (χ3n) is 2.79. The van der Waals surface area contributed by atoms with Gasteiger partial charge in [0.15, 0.2) is 0 Å². The molecule has 20 heavy (non-hydrogen) atoms. The van der Waals surface area contributed by atoms with Crippen molar-refractivity contribution in [2.45, 2.75) is 13.5 Å². The Morgan fingerprint density at radius 2 is 2.00 bits per heavy atom. The van der Waals surface area contributed by atoms with Gasteiger partial charge in [-0.15, -0.1) is 11.3 Å². The molecule has 2 aromatic rings. The molecule has 2 rings (SSSR count). The summed E-state index contributed by atoms with van der Waals surface area (Å²) in [6.07, 6.45) is 0. The van der Waals surface area contributed by atoms with Gasteiger partial charge in [0.2, 0.25) is 0 Å². The number of hydrogen-bond acceptors (Lipinski definition) is 4. The molecule has 0 amide bonds. The number of rotatable bonds is 5. The van der Waals surface area contributed by atoms with Crippen LogP contribution in [0.5, 0.6) is 0 Å². The Labute approximate surface area is 123 Å². The van der Waals surface area contributed by atoms with E-state index in [9.17, 15) is 8.42 Å². The maximum absolute atomic E-state index is 11.8. The van der Waals surface area contributed by atoms with Crippen molar-refractivity contribution in [2.75, 3.05) is 14.1 Å². The molecule has 0 aliphatic heterocycles. The van der Waals surface area contributed by atoms with Gasteiger partial charge in [0.1, 0.15) is 5.01 Å². The average Bonchev–Trinajstić information content (AvgIpc) is 2.83. The van der Waals surface area contributed by atoms with Crippen molar-refractivity contribution in [3.63, 3.8) is 0 Å². The third-order valence-corrected chi connectivity index (χ3v) is 5.26. The van der Waals surface area contributed by atoms with E-state index in [2.05, 4.69) is 9.71 Å². The summed E-state index contributed by atoms with van der Waals surface area (Å²) < 4.78 is 27.2. The first kappa shape index (κ1) is 15.1. The lowest BCUT2D eigenvalue weighted by Gasteiger charge is -2.13. The quantitative estimate of drug-likeness (QED) is 0.919. The predicted molar refractivity (Wildman–Crippen MR) is 81.7 cm³/mol. The minimum atomic E-state index is -3.42. The summed E-state index contributed by atoms with van der Waals surface area (Å²) in [5, 5.41) is 2.89. The molecule has 0 atom stereocenters. The van der Waals surface area contributed by atoms with E-state index in [1.165, 1.54) is 14.1 Å². The Morgan fingerprint density at radius 3 is 2.60 bits per heavy atom. The molecule has 0 spiro atoms. The maximum atomic E-state index is 11.8. The van der Waals surface area contributed by atoms with Crippen molar-refractivity contribution in [2.24, 2.45) is 0 Å². The van der Waals surface area contributed by atoms with Crippen LogP contribution in [-0.4, -0.2) is 31.8 Å². The van der Waals surface area contributed by atoms with Gasteiger partial charge in [-0.2, -0.15) is 17.4 Å². The standard InChI is InChI=1S/C13H17N3O2S2/c1-10-9-19-13(15-10)12-7-5-4-6-11(12)8-14-20(17,18)16(2)3/h4-7,9,14H,8H2,1-3H3. The van der Waals surface area contributed by atoms with E-state index >= 15 is 0 Å². The number of aromatic nitrogens is 1. The lowest BCUT2D eigenvalue weighted by Crippen LogP contribution is -2.35. The molecule has 0 fully saturated rings. The molecule has 108 valence electrons. The van der Waals surface area contributed by atoms with Gasteiger partial charge >= 0.3 is 0 Å². The van der Waals surface area contributed by atoms with Crippen molar-refractivity contribution in [1.29, 1.82) is 0 Å². The Kier molecular flexibility index (Phi) is 4.54. The lowest BCUT2D eigenvalue weighted by molar-refractivity contribution is 0.505. The zero-order chi connectivity index (χ0) is 14.8. The summed E-state index contributed by atoms with van der Waals surface area (Å²) >= 11 is 1.56. The fourth-order valence-electron chi connectivity index (χ4n) is 1.66. The second kappa shape index (κ2) is 6.01. The molecule has 1 N–H and O–H groups in total. The molecule has 0 aliphatic carbocycles. The van der Waals surface area contributed by atoms with E-state index in [4.69, 9.17) is 0 Å². The van der Waals surface area contributed by atoms with Gasteiger partial charge in [0, 0.05) is 37.3 Å². The van der Waals surface area contributed by atoms with E-state index in [0.29, 0.717) is 0 Å². The van der Waals surface area contributed by atoms with Gasteiger partial charge in [-0.3, -0.25) is 0 Å². The van der Waals surface area contributed by atoms with Crippen LogP contribution in [0.15, 0.2) is 29.6 Å². The van der Waals surface area contributed by atoms with E-state index in [1.54, 1.807) is 11.3 Å². The van der Waals surface area contributed by atoms with Gasteiger partial charge in [0.25, 0.3) is 10.2 Å². The summed E-state index contributed by atoms with van der Waals surface area (Å²) in [5.41, 5.74) is 2.84. The first-order valence-corrected chi connectivity index (χ1v) is 8.39. The van der Waals surface area contributed by atoms with Gasteiger partial charge in [0.05, 0.1) is 0 Å². The van der Waals surface area contributed by atoms with Crippen LogP contribution in [0, 0.1) is 6.92 Å². The Hall–Kier alpha value is -1.28. The van der Waals surface area contributed by atoms with Crippen molar-refractivity contribution in [3.8, 4) is 10.6 Å². The highest BCUT2D eigenvalue weighted by Gasteiger charge is 2.14. The molecule has 0 radical (unpaired) electrons. The van der Waals surface area contributed by atoms with Crippen molar-refractivity contribution >= 4 is 21.5 Å². The fraction of sp³-hybridized carbons (Fsp3) is 0.308. The van der Waals surface area contributed by atoms with Crippen molar-refractivity contribution in [1.82, 2.24) is 14.0 Å². The minimum absolute atomic E-state index is 0.245. The predicted octanol–water partition coefficient (Wildman–Crippen LogP) is 2.01. The number of aryl methyl sites for hydroxylation is 1. The van der Waals surface area contributed by atoms with Crippen LogP contribution in [-0.2, 0) is 16.8 Å². The van der Waals surface area contributed by atoms with Crippen LogP contribution in [0.25, 0.3) is 10.6 Å². The van der Waals surface area contributed by atoms with Crippen LogP contribution >= 0.6 is 11.3 Å². The normalized spacial score (nSPS) is 12.0. The summed E-state index contributed by atoms with van der Waals surface area (Å²) in [6.45, 7) is 2.19. The summed E-state index contributed by atoms with van der Waals surface area (Å²) in [4.78, 5) is 4.45. The number of benzene rings is 1. The maximum Gasteiger partial charge on any atom is 0.279 e. The molecule has 1 aromatic heterocycles. The Morgan fingerprint density at radius 1 is 1.30 bits per heavy atom. The van der Waals surface area contributed by atoms with Gasteiger partial charge in [-0.25, -0.2) is 4.98 Å². The largest absolute Gasteiger partial charge is 0.279 e. The van der Waals surface area contributed by atoms with E-state index in [1.807, 2.05) is 36.6 Å². The molecule has 0 unspecified atom stereocenters. The second-order valence-electron chi connectivity index (χ2n) is 4.56. The number of hydrogen-bond donors (Lipinski definition) is 1. The fourth-order valence-corrected chi connectivity index (χ4v) is 3.11. The summed E-state index contributed by atoms with van der Waals surface area (Å²) in [7, 11) is -0.427. The van der Waals surface area contributed by atoms with Crippen LogP contribution < -0.4 is 4.72 Å². The molecule has 5 nitrogen and oxygen atoms in total. The third kappa shape index (κ3) is 3.43. The summed E-state index contributed by atoms with van der Waals surface area (Å²) in [5.74, 6) is 0. The Balaban J connectivity index is 2.26. The highest BCUT2D eigenvalue weighted by Crippen LogP contribution is 2.26. The zero-order valence-electron chi connectivity index (χ0n) is 11.6. The highest BCUT2D eigenvalue weighted by atomic mass is 32.2. The Bertz CT molecular complexity index is 693. The van der Waals surface area contributed by atoms with Gasteiger partial charge in [-0.05, 0) is 12.5 Å². The first-order chi connectivity index (χ1) is 9.40. The van der Waals surface area contributed by atoms with Crippen LogP contribution in [0.4, 0.5) is 0 Å². The minimum Gasteiger partial charge on any atom is -0.241 e. The monoisotopic (exact) mass is 311 g/mol. The van der Waals surface area contributed by atoms with Crippen LogP contribution in [0.3, 0.4) is 0 Å². The SMILES string of the molecule is Cc1csc(-c2ccccc2CNS(=O)(=O)N(C)C)n1. The topological polar surface area (TPSA) is 62.3 Å². The molecule has 7 heteroatoms. The molecule has 1 heterocycles. The molecule has 0 bridgehead atoms. The highest BCUT2D eigenvalue weighted by molar-refractivity contribution is 7.87. The zero-order valence-corrected chi connectivity index (χ0v) is 13.3. The van der Waals surface area contributed by atoms with Crippen LogP contribution in [0.1, 0.15) is 11.3 Å². The van der Waals surface area contributed by atoms with E-state index in [0.717, 1.165) is 26.1 Å². The van der Waals surface area contributed by atoms with E-state index in [-0.39, 0.29) is 6.54 Å². The molecule has 0 saturated heterocycles. The molecule has 1 aromatic carbocycles. The number of nitrogens with one attached hydrogen (secondary N) is 1. The molecular formula is C13H17N3O2S2. The van der Waals surface area contributed by atoms with Crippen molar-refractivity contribution < 1.29 is 8.42 Å². The van der Waals surface area contributed by atoms with Gasteiger partial charge < -0.3 is 0 Å². The molecule has 0 aliphatic rings. The smallest absolute Gasteiger partial charge is 0.241 e. The second-order valence-corrected chi connectivity index (χ2v) is 7.39. The lowest BCUT2D eigenvalue weighted by atomic mass is 10.1. The number of thiazole rings is 1. The molecule has 0 saturated carbocycles. The molecular weight excluding hydrogens is 294 g/mol. The van der Waals surface area contributed by atoms with Crippen molar-refractivity contribution in [3.05, 3.63) is 40.9 Å². The first-order valence-electron chi connectivity index (χ1n) is 6.07. The van der Waals surface area contributed by atoms with Gasteiger partial charge in [-0.1, -0.05) is 24.3 Å².